The molecule has 2 amide bonds. The highest BCUT2D eigenvalue weighted by Crippen LogP contribution is 2.20. The molecule has 1 aliphatic rings. The van der Waals surface area contributed by atoms with Gasteiger partial charge in [0, 0.05) is 22.9 Å². The molecule has 0 saturated heterocycles. The highest BCUT2D eigenvalue weighted by Gasteiger charge is 2.23. The van der Waals surface area contributed by atoms with Gasteiger partial charge >= 0.3 is 0 Å². The van der Waals surface area contributed by atoms with E-state index in [4.69, 9.17) is 0 Å². The standard InChI is InChI=1S/C18H18N2O2/c1-12-4-2-3-5-16(12)18(22)20-14-8-6-13(7-9-14)17(21)19-15-10-11-15/h2-9,15H,10-11H2,1H3,(H,19,21)(H,20,22). The van der Waals surface area contributed by atoms with Gasteiger partial charge in [-0.2, -0.15) is 0 Å². The number of hydrogen-bond acceptors (Lipinski definition) is 2. The Morgan fingerprint density at radius 1 is 0.955 bits per heavy atom. The lowest BCUT2D eigenvalue weighted by Crippen LogP contribution is -2.25. The lowest BCUT2D eigenvalue weighted by molar-refractivity contribution is 0.0950. The minimum absolute atomic E-state index is 0.0562. The molecule has 4 heteroatoms. The van der Waals surface area contributed by atoms with Gasteiger partial charge in [0.15, 0.2) is 0 Å². The Morgan fingerprint density at radius 2 is 1.64 bits per heavy atom. The first-order valence-electron chi connectivity index (χ1n) is 7.41. The van der Waals surface area contributed by atoms with E-state index in [-0.39, 0.29) is 11.8 Å². The summed E-state index contributed by atoms with van der Waals surface area (Å²) in [5.41, 5.74) is 2.87. The van der Waals surface area contributed by atoms with Crippen LogP contribution in [0.15, 0.2) is 48.5 Å². The maximum Gasteiger partial charge on any atom is 0.255 e. The molecule has 0 aromatic heterocycles. The maximum atomic E-state index is 12.2. The van der Waals surface area contributed by atoms with E-state index < -0.39 is 0 Å². The van der Waals surface area contributed by atoms with Crippen molar-refractivity contribution in [3.8, 4) is 0 Å². The zero-order valence-corrected chi connectivity index (χ0v) is 12.4. The number of nitrogens with one attached hydrogen (secondary N) is 2. The molecule has 0 heterocycles. The van der Waals surface area contributed by atoms with Crippen LogP contribution < -0.4 is 10.6 Å². The van der Waals surface area contributed by atoms with Crippen molar-refractivity contribution in [2.45, 2.75) is 25.8 Å². The second-order valence-corrected chi connectivity index (χ2v) is 5.59. The van der Waals surface area contributed by atoms with Crippen molar-refractivity contribution in [3.05, 3.63) is 65.2 Å². The molecule has 0 spiro atoms. The third kappa shape index (κ3) is 3.34. The van der Waals surface area contributed by atoms with Crippen molar-refractivity contribution in [3.63, 3.8) is 0 Å². The molecule has 1 saturated carbocycles. The van der Waals surface area contributed by atoms with Crippen molar-refractivity contribution >= 4 is 17.5 Å². The van der Waals surface area contributed by atoms with Gasteiger partial charge in [-0.1, -0.05) is 18.2 Å². The minimum Gasteiger partial charge on any atom is -0.349 e. The first kappa shape index (κ1) is 14.3. The fraction of sp³-hybridized carbons (Fsp3) is 0.222. The Balaban J connectivity index is 1.66. The molecule has 22 heavy (non-hydrogen) atoms. The number of aryl methyl sites for hydroxylation is 1. The fourth-order valence-corrected chi connectivity index (χ4v) is 2.23. The molecule has 0 atom stereocenters. The Kier molecular flexibility index (Phi) is 3.92. The van der Waals surface area contributed by atoms with E-state index in [0.29, 0.717) is 22.9 Å². The number of anilines is 1. The number of carbonyl (C=O) groups is 2. The van der Waals surface area contributed by atoms with Gasteiger partial charge in [-0.15, -0.1) is 0 Å². The van der Waals surface area contributed by atoms with E-state index in [1.54, 1.807) is 30.3 Å². The summed E-state index contributed by atoms with van der Waals surface area (Å²) in [6.07, 6.45) is 2.13. The lowest BCUT2D eigenvalue weighted by Gasteiger charge is -2.08. The molecule has 2 aromatic carbocycles. The van der Waals surface area contributed by atoms with E-state index in [2.05, 4.69) is 10.6 Å². The summed E-state index contributed by atoms with van der Waals surface area (Å²) < 4.78 is 0. The van der Waals surface area contributed by atoms with E-state index in [1.165, 1.54) is 0 Å². The van der Waals surface area contributed by atoms with Crippen molar-refractivity contribution in [1.82, 2.24) is 5.32 Å². The largest absolute Gasteiger partial charge is 0.349 e. The Morgan fingerprint density at radius 3 is 2.27 bits per heavy atom. The van der Waals surface area contributed by atoms with Crippen LogP contribution in [-0.2, 0) is 0 Å². The van der Waals surface area contributed by atoms with E-state index in [9.17, 15) is 9.59 Å². The van der Waals surface area contributed by atoms with Crippen LogP contribution in [0.25, 0.3) is 0 Å². The summed E-state index contributed by atoms with van der Waals surface area (Å²) in [5, 5.41) is 5.79. The fourth-order valence-electron chi connectivity index (χ4n) is 2.23. The van der Waals surface area contributed by atoms with Gasteiger partial charge in [0.05, 0.1) is 0 Å². The Bertz CT molecular complexity index is 703. The van der Waals surface area contributed by atoms with Gasteiger partial charge in [0.2, 0.25) is 0 Å². The van der Waals surface area contributed by atoms with Gasteiger partial charge in [0.1, 0.15) is 0 Å². The highest BCUT2D eigenvalue weighted by molar-refractivity contribution is 6.05. The third-order valence-corrected chi connectivity index (χ3v) is 3.71. The topological polar surface area (TPSA) is 58.2 Å². The van der Waals surface area contributed by atoms with Crippen LogP contribution in [-0.4, -0.2) is 17.9 Å². The second-order valence-electron chi connectivity index (χ2n) is 5.59. The van der Waals surface area contributed by atoms with Gasteiger partial charge in [-0.3, -0.25) is 9.59 Å². The van der Waals surface area contributed by atoms with Crippen molar-refractivity contribution < 1.29 is 9.59 Å². The molecular weight excluding hydrogens is 276 g/mol. The van der Waals surface area contributed by atoms with Crippen molar-refractivity contribution in [2.24, 2.45) is 0 Å². The molecular formula is C18H18N2O2. The molecule has 1 aliphatic carbocycles. The third-order valence-electron chi connectivity index (χ3n) is 3.71. The van der Waals surface area contributed by atoms with Gasteiger partial charge in [0.25, 0.3) is 11.8 Å². The lowest BCUT2D eigenvalue weighted by atomic mass is 10.1. The molecule has 2 N–H and O–H groups in total. The van der Waals surface area contributed by atoms with Crippen LogP contribution in [0.2, 0.25) is 0 Å². The molecule has 0 radical (unpaired) electrons. The van der Waals surface area contributed by atoms with Crippen LogP contribution in [0.4, 0.5) is 5.69 Å². The monoisotopic (exact) mass is 294 g/mol. The van der Waals surface area contributed by atoms with Crippen LogP contribution in [0.3, 0.4) is 0 Å². The predicted molar refractivity (Wildman–Crippen MR) is 86.1 cm³/mol. The van der Waals surface area contributed by atoms with Crippen LogP contribution >= 0.6 is 0 Å². The quantitative estimate of drug-likeness (QED) is 0.910. The SMILES string of the molecule is Cc1ccccc1C(=O)Nc1ccc(C(=O)NC2CC2)cc1. The molecule has 1 fully saturated rings. The summed E-state index contributed by atoms with van der Waals surface area (Å²) in [4.78, 5) is 24.1. The Hall–Kier alpha value is -2.62. The van der Waals surface area contributed by atoms with Crippen LogP contribution in [0.5, 0.6) is 0 Å². The molecule has 0 aliphatic heterocycles. The number of rotatable bonds is 4. The molecule has 0 bridgehead atoms. The zero-order chi connectivity index (χ0) is 15.5. The van der Waals surface area contributed by atoms with Gasteiger partial charge < -0.3 is 10.6 Å². The molecule has 3 rings (SSSR count). The minimum atomic E-state index is -0.145. The summed E-state index contributed by atoms with van der Waals surface area (Å²) in [6.45, 7) is 1.90. The predicted octanol–water partition coefficient (Wildman–Crippen LogP) is 3.14. The van der Waals surface area contributed by atoms with Crippen LogP contribution in [0.1, 0.15) is 39.1 Å². The normalized spacial score (nSPS) is 13.5. The van der Waals surface area contributed by atoms with E-state index in [1.807, 2.05) is 25.1 Å². The van der Waals surface area contributed by atoms with Crippen LogP contribution in [0, 0.1) is 6.92 Å². The van der Waals surface area contributed by atoms with Crippen molar-refractivity contribution in [1.29, 1.82) is 0 Å². The van der Waals surface area contributed by atoms with Gasteiger partial charge in [-0.25, -0.2) is 0 Å². The van der Waals surface area contributed by atoms with Gasteiger partial charge in [-0.05, 0) is 55.7 Å². The number of benzene rings is 2. The second kappa shape index (κ2) is 6.02. The average Bonchev–Trinajstić information content (AvgIpc) is 3.32. The summed E-state index contributed by atoms with van der Waals surface area (Å²) in [7, 11) is 0. The molecule has 4 nitrogen and oxygen atoms in total. The Labute approximate surface area is 129 Å². The molecule has 0 unspecified atom stereocenters. The van der Waals surface area contributed by atoms with Crippen molar-refractivity contribution in [2.75, 3.05) is 5.32 Å². The molecule has 112 valence electrons. The number of hydrogen-bond donors (Lipinski definition) is 2. The first-order valence-corrected chi connectivity index (χ1v) is 7.41. The summed E-state index contributed by atoms with van der Waals surface area (Å²) >= 11 is 0. The average molecular weight is 294 g/mol. The number of amides is 2. The maximum absolute atomic E-state index is 12.2. The zero-order valence-electron chi connectivity index (χ0n) is 12.4. The van der Waals surface area contributed by atoms with E-state index >= 15 is 0 Å². The highest BCUT2D eigenvalue weighted by atomic mass is 16.2. The van der Waals surface area contributed by atoms with E-state index in [0.717, 1.165) is 18.4 Å². The summed E-state index contributed by atoms with van der Waals surface area (Å²) in [6, 6.07) is 14.7. The first-order chi connectivity index (χ1) is 10.6. The number of carbonyl (C=O) groups excluding carboxylic acids is 2. The summed E-state index contributed by atoms with van der Waals surface area (Å²) in [5.74, 6) is -0.201. The smallest absolute Gasteiger partial charge is 0.255 e. The molecule has 2 aromatic rings.